The van der Waals surface area contributed by atoms with E-state index in [4.69, 9.17) is 11.6 Å². The van der Waals surface area contributed by atoms with Gasteiger partial charge < -0.3 is 10.3 Å². The number of hydrogen-bond acceptors (Lipinski definition) is 3. The molecule has 3 rings (SSSR count). The Morgan fingerprint density at radius 2 is 1.81 bits per heavy atom. The Hall–Kier alpha value is -1.83. The molecule has 1 fully saturated rings. The van der Waals surface area contributed by atoms with Crippen molar-refractivity contribution in [1.29, 1.82) is 0 Å². The lowest BCUT2D eigenvalue weighted by molar-refractivity contribution is 0.102. The van der Waals surface area contributed by atoms with E-state index in [9.17, 15) is 13.2 Å². The van der Waals surface area contributed by atoms with Crippen LogP contribution in [0.2, 0.25) is 5.02 Å². The van der Waals surface area contributed by atoms with Crippen LogP contribution < -0.4 is 5.32 Å². The summed E-state index contributed by atoms with van der Waals surface area (Å²) in [6.45, 7) is 4.40. The van der Waals surface area contributed by atoms with Gasteiger partial charge in [-0.3, -0.25) is 4.79 Å². The first-order valence-electron chi connectivity index (χ1n) is 9.07. The Labute approximate surface area is 165 Å². The van der Waals surface area contributed by atoms with Gasteiger partial charge in [-0.05, 0) is 50.5 Å². The number of rotatable bonds is 4. The zero-order chi connectivity index (χ0) is 19.6. The van der Waals surface area contributed by atoms with E-state index in [1.165, 1.54) is 0 Å². The van der Waals surface area contributed by atoms with Crippen molar-refractivity contribution in [2.24, 2.45) is 0 Å². The van der Waals surface area contributed by atoms with Crippen molar-refractivity contribution >= 4 is 33.2 Å². The van der Waals surface area contributed by atoms with E-state index in [0.717, 1.165) is 25.7 Å². The van der Waals surface area contributed by atoms with E-state index in [2.05, 4.69) is 10.3 Å². The Morgan fingerprint density at radius 1 is 1.15 bits per heavy atom. The molecular weight excluding hydrogens is 386 g/mol. The molecule has 27 heavy (non-hydrogen) atoms. The first-order chi connectivity index (χ1) is 12.8. The molecule has 0 radical (unpaired) electrons. The molecule has 0 spiro atoms. The number of carbonyl (C=O) groups excluding carboxylic acids is 1. The number of nitrogens with one attached hydrogen (secondary N) is 2. The highest BCUT2D eigenvalue weighted by Crippen LogP contribution is 2.28. The van der Waals surface area contributed by atoms with Gasteiger partial charge in [-0.25, -0.2) is 8.42 Å². The lowest BCUT2D eigenvalue weighted by atomic mass is 10.2. The quantitative estimate of drug-likeness (QED) is 0.797. The van der Waals surface area contributed by atoms with Gasteiger partial charge in [0.25, 0.3) is 5.91 Å². The lowest BCUT2D eigenvalue weighted by Crippen LogP contribution is -2.32. The van der Waals surface area contributed by atoms with E-state index in [-0.39, 0.29) is 10.6 Å². The molecule has 1 aromatic heterocycles. The third-order valence-corrected chi connectivity index (χ3v) is 7.25. The van der Waals surface area contributed by atoms with Crippen molar-refractivity contribution in [3.05, 3.63) is 46.2 Å². The molecule has 1 saturated heterocycles. The van der Waals surface area contributed by atoms with Gasteiger partial charge >= 0.3 is 0 Å². The van der Waals surface area contributed by atoms with Crippen molar-refractivity contribution in [2.45, 2.75) is 44.4 Å². The topological polar surface area (TPSA) is 82.3 Å². The molecule has 2 N–H and O–H groups in total. The highest BCUT2D eigenvalue weighted by atomic mass is 35.5. The van der Waals surface area contributed by atoms with Gasteiger partial charge in [0.05, 0.1) is 0 Å². The van der Waals surface area contributed by atoms with Gasteiger partial charge in [0.15, 0.2) is 0 Å². The maximum atomic E-state index is 13.2. The number of nitrogens with zero attached hydrogens (tertiary/aromatic N) is 1. The molecule has 2 heterocycles. The van der Waals surface area contributed by atoms with Crippen molar-refractivity contribution < 1.29 is 13.2 Å². The number of sulfonamides is 1. The average molecular weight is 410 g/mol. The standard InChI is InChI=1S/C19H24ClN3O3S/c1-13-17(19(24)22-16-9-7-8-15(20)12-16)21-14(2)18(13)27(25,26)23-10-5-3-4-6-11-23/h7-9,12,21H,3-6,10-11H2,1-2H3,(H,22,24). The highest BCUT2D eigenvalue weighted by molar-refractivity contribution is 7.89. The molecule has 2 aromatic rings. The van der Waals surface area contributed by atoms with E-state index in [0.29, 0.717) is 35.1 Å². The second kappa shape index (κ2) is 8.04. The smallest absolute Gasteiger partial charge is 0.272 e. The van der Waals surface area contributed by atoms with Crippen molar-refractivity contribution in [2.75, 3.05) is 18.4 Å². The van der Waals surface area contributed by atoms with Gasteiger partial charge in [-0.15, -0.1) is 0 Å². The third-order valence-electron chi connectivity index (χ3n) is 4.84. The third kappa shape index (κ3) is 4.20. The van der Waals surface area contributed by atoms with E-state index < -0.39 is 15.9 Å². The molecule has 0 saturated carbocycles. The van der Waals surface area contributed by atoms with E-state index in [1.54, 1.807) is 42.4 Å². The minimum Gasteiger partial charge on any atom is -0.353 e. The number of anilines is 1. The molecule has 0 unspecified atom stereocenters. The van der Waals surface area contributed by atoms with Crippen molar-refractivity contribution in [3.8, 4) is 0 Å². The first kappa shape index (κ1) is 19.9. The minimum atomic E-state index is -3.64. The van der Waals surface area contributed by atoms with Gasteiger partial charge in [0, 0.05) is 29.5 Å². The van der Waals surface area contributed by atoms with Gasteiger partial charge in [-0.2, -0.15) is 4.31 Å². The summed E-state index contributed by atoms with van der Waals surface area (Å²) in [4.78, 5) is 15.8. The summed E-state index contributed by atoms with van der Waals surface area (Å²) in [7, 11) is -3.64. The van der Waals surface area contributed by atoms with E-state index >= 15 is 0 Å². The van der Waals surface area contributed by atoms with Crippen LogP contribution in [0.15, 0.2) is 29.2 Å². The summed E-state index contributed by atoms with van der Waals surface area (Å²) >= 11 is 5.95. The number of halogens is 1. The summed E-state index contributed by atoms with van der Waals surface area (Å²) in [5.41, 5.74) is 1.72. The van der Waals surface area contributed by atoms with Crippen LogP contribution in [0.5, 0.6) is 0 Å². The molecule has 1 aromatic carbocycles. The number of carbonyl (C=O) groups is 1. The maximum absolute atomic E-state index is 13.2. The Balaban J connectivity index is 1.91. The van der Waals surface area contributed by atoms with Crippen LogP contribution >= 0.6 is 11.6 Å². The molecule has 0 bridgehead atoms. The van der Waals surface area contributed by atoms with Crippen molar-refractivity contribution in [3.63, 3.8) is 0 Å². The summed E-state index contributed by atoms with van der Waals surface area (Å²) in [5.74, 6) is -0.393. The minimum absolute atomic E-state index is 0.209. The molecule has 8 heteroatoms. The number of H-pyrrole nitrogens is 1. The number of amides is 1. The molecule has 1 aliphatic heterocycles. The molecule has 1 aliphatic rings. The van der Waals surface area contributed by atoms with Gasteiger partial charge in [0.1, 0.15) is 10.6 Å². The Bertz CT molecular complexity index is 945. The van der Waals surface area contributed by atoms with E-state index in [1.807, 2.05) is 0 Å². The summed E-state index contributed by atoms with van der Waals surface area (Å²) < 4.78 is 27.9. The number of aromatic amines is 1. The number of aromatic nitrogens is 1. The Morgan fingerprint density at radius 3 is 2.44 bits per heavy atom. The van der Waals surface area contributed by atoms with Crippen LogP contribution in [0.4, 0.5) is 5.69 Å². The molecule has 0 atom stereocenters. The van der Waals surface area contributed by atoms with Crippen LogP contribution in [0, 0.1) is 13.8 Å². The molecule has 146 valence electrons. The summed E-state index contributed by atoms with van der Waals surface area (Å²) in [6.07, 6.45) is 3.82. The van der Waals surface area contributed by atoms with Crippen LogP contribution in [0.1, 0.15) is 47.4 Å². The van der Waals surface area contributed by atoms with Gasteiger partial charge in [-0.1, -0.05) is 30.5 Å². The second-order valence-corrected chi connectivity index (χ2v) is 9.17. The lowest BCUT2D eigenvalue weighted by Gasteiger charge is -2.20. The van der Waals surface area contributed by atoms with Gasteiger partial charge in [0.2, 0.25) is 10.0 Å². The largest absolute Gasteiger partial charge is 0.353 e. The van der Waals surface area contributed by atoms with Crippen molar-refractivity contribution in [1.82, 2.24) is 9.29 Å². The SMILES string of the molecule is Cc1[nH]c(C(=O)Nc2cccc(Cl)c2)c(C)c1S(=O)(=O)N1CCCCCC1. The molecule has 0 aliphatic carbocycles. The summed E-state index contributed by atoms with van der Waals surface area (Å²) in [5, 5.41) is 3.27. The fraction of sp³-hybridized carbons (Fsp3) is 0.421. The summed E-state index contributed by atoms with van der Waals surface area (Å²) in [6, 6.07) is 6.82. The zero-order valence-corrected chi connectivity index (χ0v) is 17.1. The predicted octanol–water partition coefficient (Wildman–Crippen LogP) is 4.10. The normalized spacial score (nSPS) is 16.1. The molecule has 1 amide bonds. The second-order valence-electron chi connectivity index (χ2n) is 6.86. The fourth-order valence-electron chi connectivity index (χ4n) is 3.52. The number of hydrogen-bond donors (Lipinski definition) is 2. The number of benzene rings is 1. The highest BCUT2D eigenvalue weighted by Gasteiger charge is 2.32. The zero-order valence-electron chi connectivity index (χ0n) is 15.5. The van der Waals surface area contributed by atoms with Crippen LogP contribution in [-0.4, -0.2) is 36.7 Å². The molecule has 6 nitrogen and oxygen atoms in total. The van der Waals surface area contributed by atoms with Crippen LogP contribution in [-0.2, 0) is 10.0 Å². The monoisotopic (exact) mass is 409 g/mol. The predicted molar refractivity (Wildman–Crippen MR) is 107 cm³/mol. The van der Waals surface area contributed by atoms with Crippen LogP contribution in [0.25, 0.3) is 0 Å². The fourth-order valence-corrected chi connectivity index (χ4v) is 5.63. The first-order valence-corrected chi connectivity index (χ1v) is 10.9. The van der Waals surface area contributed by atoms with Crippen LogP contribution in [0.3, 0.4) is 0 Å². The average Bonchev–Trinajstić information content (AvgIpc) is 2.79. The molecular formula is C19H24ClN3O3S. The Kier molecular flexibility index (Phi) is 5.93. The maximum Gasteiger partial charge on any atom is 0.272 e. The number of aryl methyl sites for hydroxylation is 1.